The summed E-state index contributed by atoms with van der Waals surface area (Å²) in [5.74, 6) is -0.374. The number of ether oxygens (including phenoxy) is 1. The van der Waals surface area contributed by atoms with Gasteiger partial charge in [-0.15, -0.1) is 0 Å². The Morgan fingerprint density at radius 2 is 2.00 bits per heavy atom. The third-order valence-corrected chi connectivity index (χ3v) is 3.75. The van der Waals surface area contributed by atoms with Gasteiger partial charge in [-0.3, -0.25) is 14.9 Å². The van der Waals surface area contributed by atoms with Gasteiger partial charge >= 0.3 is 5.69 Å². The molecule has 1 amide bonds. The first-order valence-corrected chi connectivity index (χ1v) is 7.71. The molecule has 0 aliphatic heterocycles. The Balaban J connectivity index is 1.93. The molecular formula is C16H14Cl2N2O4. The van der Waals surface area contributed by atoms with Crippen molar-refractivity contribution in [1.29, 1.82) is 0 Å². The van der Waals surface area contributed by atoms with E-state index < -0.39 is 10.8 Å². The number of nitro benzene ring substituents is 1. The first-order chi connectivity index (χ1) is 11.4. The van der Waals surface area contributed by atoms with E-state index >= 15 is 0 Å². The van der Waals surface area contributed by atoms with Gasteiger partial charge in [-0.25, -0.2) is 0 Å². The van der Waals surface area contributed by atoms with Gasteiger partial charge in [-0.2, -0.15) is 0 Å². The lowest BCUT2D eigenvalue weighted by Gasteiger charge is -2.09. The molecule has 8 heteroatoms. The fraction of sp³-hybridized carbons (Fsp3) is 0.188. The number of rotatable bonds is 6. The summed E-state index contributed by atoms with van der Waals surface area (Å²) in [5, 5.41) is 14.6. The molecule has 0 heterocycles. The van der Waals surface area contributed by atoms with Crippen molar-refractivity contribution in [1.82, 2.24) is 5.32 Å². The summed E-state index contributed by atoms with van der Waals surface area (Å²) < 4.78 is 5.25. The minimum Gasteiger partial charge on any atom is -0.477 e. The lowest BCUT2D eigenvalue weighted by atomic mass is 10.2. The van der Waals surface area contributed by atoms with Crippen LogP contribution in [0.3, 0.4) is 0 Å². The Bertz CT molecular complexity index is 781. The largest absolute Gasteiger partial charge is 0.477 e. The Kier molecular flexibility index (Phi) is 6.00. The lowest BCUT2D eigenvalue weighted by molar-refractivity contribution is -0.385. The molecule has 0 saturated heterocycles. The normalized spacial score (nSPS) is 10.3. The average Bonchev–Trinajstić information content (AvgIpc) is 2.52. The number of hydrogen-bond acceptors (Lipinski definition) is 4. The monoisotopic (exact) mass is 368 g/mol. The summed E-state index contributed by atoms with van der Waals surface area (Å²) in [6.45, 7) is 1.60. The first-order valence-electron chi connectivity index (χ1n) is 6.95. The van der Waals surface area contributed by atoms with Crippen molar-refractivity contribution in [2.75, 3.05) is 6.61 Å². The zero-order valence-corrected chi connectivity index (χ0v) is 14.2. The van der Waals surface area contributed by atoms with Crippen LogP contribution in [0.4, 0.5) is 5.69 Å². The van der Waals surface area contributed by atoms with E-state index in [-0.39, 0.29) is 24.6 Å². The lowest BCUT2D eigenvalue weighted by Crippen LogP contribution is -2.28. The summed E-state index contributed by atoms with van der Waals surface area (Å²) in [7, 11) is 0. The van der Waals surface area contributed by atoms with Crippen molar-refractivity contribution in [2.24, 2.45) is 0 Å². The molecule has 24 heavy (non-hydrogen) atoms. The number of amides is 1. The average molecular weight is 369 g/mol. The fourth-order valence-electron chi connectivity index (χ4n) is 1.95. The molecule has 0 aromatic heterocycles. The predicted octanol–water partition coefficient (Wildman–Crippen LogP) is 3.91. The quantitative estimate of drug-likeness (QED) is 0.618. The standard InChI is InChI=1S/C16H14Cl2N2O4/c1-10-2-5-15(14(6-10)20(22)23)24-9-16(21)19-8-11-3-4-12(17)7-13(11)18/h2-7H,8-9H2,1H3,(H,19,21). The number of benzene rings is 2. The van der Waals surface area contributed by atoms with Crippen molar-refractivity contribution >= 4 is 34.8 Å². The molecule has 0 saturated carbocycles. The highest BCUT2D eigenvalue weighted by molar-refractivity contribution is 6.35. The Labute approximate surface area is 148 Å². The van der Waals surface area contributed by atoms with Crippen LogP contribution in [0.15, 0.2) is 36.4 Å². The van der Waals surface area contributed by atoms with Crippen LogP contribution in [-0.4, -0.2) is 17.4 Å². The second-order valence-electron chi connectivity index (χ2n) is 5.03. The topological polar surface area (TPSA) is 81.5 Å². The molecule has 126 valence electrons. The van der Waals surface area contributed by atoms with E-state index in [2.05, 4.69) is 5.32 Å². The molecule has 2 rings (SSSR count). The van der Waals surface area contributed by atoms with E-state index in [1.807, 2.05) is 0 Å². The maximum absolute atomic E-state index is 11.8. The van der Waals surface area contributed by atoms with Gasteiger partial charge in [0, 0.05) is 22.7 Å². The summed E-state index contributed by atoms with van der Waals surface area (Å²) in [6, 6.07) is 9.49. The van der Waals surface area contributed by atoms with E-state index in [1.54, 1.807) is 31.2 Å². The number of nitrogens with one attached hydrogen (secondary N) is 1. The third kappa shape index (κ3) is 4.84. The van der Waals surface area contributed by atoms with Crippen LogP contribution in [0.2, 0.25) is 10.0 Å². The van der Waals surface area contributed by atoms with Gasteiger partial charge < -0.3 is 10.1 Å². The molecule has 0 atom stereocenters. The zero-order valence-electron chi connectivity index (χ0n) is 12.7. The van der Waals surface area contributed by atoms with Crippen LogP contribution in [-0.2, 0) is 11.3 Å². The molecule has 6 nitrogen and oxygen atoms in total. The Morgan fingerprint density at radius 1 is 1.25 bits per heavy atom. The maximum Gasteiger partial charge on any atom is 0.311 e. The molecule has 0 aliphatic rings. The molecule has 0 fully saturated rings. The van der Waals surface area contributed by atoms with Gasteiger partial charge in [-0.1, -0.05) is 35.3 Å². The SMILES string of the molecule is Cc1ccc(OCC(=O)NCc2ccc(Cl)cc2Cl)c([N+](=O)[O-])c1. The molecule has 2 aromatic rings. The minimum atomic E-state index is -0.548. The molecular weight excluding hydrogens is 355 g/mol. The van der Waals surface area contributed by atoms with Gasteiger partial charge in [0.15, 0.2) is 12.4 Å². The van der Waals surface area contributed by atoms with E-state index in [9.17, 15) is 14.9 Å². The van der Waals surface area contributed by atoms with Gasteiger partial charge in [0.25, 0.3) is 5.91 Å². The van der Waals surface area contributed by atoms with Crippen molar-refractivity contribution in [2.45, 2.75) is 13.5 Å². The summed E-state index contributed by atoms with van der Waals surface area (Å²) in [6.07, 6.45) is 0. The number of hydrogen-bond donors (Lipinski definition) is 1. The van der Waals surface area contributed by atoms with Crippen LogP contribution in [0.5, 0.6) is 5.75 Å². The van der Waals surface area contributed by atoms with Gasteiger partial charge in [0.05, 0.1) is 4.92 Å². The van der Waals surface area contributed by atoms with E-state index in [0.29, 0.717) is 15.6 Å². The summed E-state index contributed by atoms with van der Waals surface area (Å²) in [4.78, 5) is 22.3. The van der Waals surface area contributed by atoms with Crippen LogP contribution < -0.4 is 10.1 Å². The van der Waals surface area contributed by atoms with Crippen LogP contribution in [0, 0.1) is 17.0 Å². The minimum absolute atomic E-state index is 0.0466. The van der Waals surface area contributed by atoms with Crippen LogP contribution in [0.1, 0.15) is 11.1 Å². The highest BCUT2D eigenvalue weighted by Gasteiger charge is 2.16. The molecule has 0 bridgehead atoms. The number of carbonyl (C=O) groups excluding carboxylic acids is 1. The van der Waals surface area contributed by atoms with E-state index in [0.717, 1.165) is 5.56 Å². The zero-order chi connectivity index (χ0) is 17.7. The maximum atomic E-state index is 11.8. The molecule has 1 N–H and O–H groups in total. The number of aryl methyl sites for hydroxylation is 1. The van der Waals surface area contributed by atoms with Crippen molar-refractivity contribution in [3.63, 3.8) is 0 Å². The van der Waals surface area contributed by atoms with Crippen LogP contribution >= 0.6 is 23.2 Å². The van der Waals surface area contributed by atoms with Crippen molar-refractivity contribution < 1.29 is 14.5 Å². The second-order valence-corrected chi connectivity index (χ2v) is 5.87. The van der Waals surface area contributed by atoms with Gasteiger partial charge in [0.2, 0.25) is 0 Å². The number of nitrogens with zero attached hydrogens (tertiary/aromatic N) is 1. The Hall–Kier alpha value is -2.31. The molecule has 0 spiro atoms. The predicted molar refractivity (Wildman–Crippen MR) is 91.6 cm³/mol. The molecule has 0 aliphatic carbocycles. The number of carbonyl (C=O) groups is 1. The molecule has 2 aromatic carbocycles. The highest BCUT2D eigenvalue weighted by Crippen LogP contribution is 2.27. The van der Waals surface area contributed by atoms with E-state index in [4.69, 9.17) is 27.9 Å². The smallest absolute Gasteiger partial charge is 0.311 e. The Morgan fingerprint density at radius 3 is 2.67 bits per heavy atom. The molecule has 0 radical (unpaired) electrons. The van der Waals surface area contributed by atoms with Gasteiger partial charge in [-0.05, 0) is 36.2 Å². The fourth-order valence-corrected chi connectivity index (χ4v) is 2.42. The van der Waals surface area contributed by atoms with E-state index in [1.165, 1.54) is 12.1 Å². The summed E-state index contributed by atoms with van der Waals surface area (Å²) in [5.41, 5.74) is 1.26. The molecule has 0 unspecified atom stereocenters. The second kappa shape index (κ2) is 7.99. The van der Waals surface area contributed by atoms with Gasteiger partial charge in [0.1, 0.15) is 0 Å². The number of nitro groups is 1. The van der Waals surface area contributed by atoms with Crippen LogP contribution in [0.25, 0.3) is 0 Å². The van der Waals surface area contributed by atoms with Crippen molar-refractivity contribution in [3.8, 4) is 5.75 Å². The highest BCUT2D eigenvalue weighted by atomic mass is 35.5. The third-order valence-electron chi connectivity index (χ3n) is 3.16. The number of halogens is 2. The summed E-state index contributed by atoms with van der Waals surface area (Å²) >= 11 is 11.8. The van der Waals surface area contributed by atoms with Crippen molar-refractivity contribution in [3.05, 3.63) is 67.7 Å². The first kappa shape index (κ1) is 18.0.